The van der Waals surface area contributed by atoms with Crippen LogP contribution in [0.2, 0.25) is 0 Å². The standard InChI is InChI=1S/C15H24N2O2S2/c1-2-9-16-10-13-5-6-14(20-13)21(18,19)17-11-15(7-8-15)12-3-4-12/h5-6,12,16-17H,2-4,7-11H2,1H3. The van der Waals surface area contributed by atoms with Crippen molar-refractivity contribution in [3.63, 3.8) is 0 Å². The maximum absolute atomic E-state index is 12.4. The van der Waals surface area contributed by atoms with Crippen LogP contribution in [0.15, 0.2) is 16.3 Å². The van der Waals surface area contributed by atoms with Crippen molar-refractivity contribution in [1.82, 2.24) is 10.0 Å². The summed E-state index contributed by atoms with van der Waals surface area (Å²) in [5.74, 6) is 0.775. The summed E-state index contributed by atoms with van der Waals surface area (Å²) < 4.78 is 28.0. The minimum Gasteiger partial charge on any atom is -0.312 e. The van der Waals surface area contributed by atoms with Crippen molar-refractivity contribution >= 4 is 21.4 Å². The number of thiophene rings is 1. The van der Waals surface area contributed by atoms with E-state index in [4.69, 9.17) is 0 Å². The third-order valence-electron chi connectivity index (χ3n) is 4.58. The third kappa shape index (κ3) is 3.67. The van der Waals surface area contributed by atoms with Crippen LogP contribution in [0.25, 0.3) is 0 Å². The fourth-order valence-electron chi connectivity index (χ4n) is 2.88. The molecule has 0 aromatic carbocycles. The van der Waals surface area contributed by atoms with Gasteiger partial charge in [-0.05, 0) is 62.1 Å². The van der Waals surface area contributed by atoms with E-state index < -0.39 is 10.0 Å². The van der Waals surface area contributed by atoms with Crippen LogP contribution in [0.4, 0.5) is 0 Å². The Morgan fingerprint density at radius 3 is 2.71 bits per heavy atom. The second-order valence-electron chi connectivity index (χ2n) is 6.36. The Morgan fingerprint density at radius 2 is 2.10 bits per heavy atom. The molecule has 118 valence electrons. The molecule has 3 rings (SSSR count). The summed E-state index contributed by atoms with van der Waals surface area (Å²) in [7, 11) is -3.33. The van der Waals surface area contributed by atoms with Crippen LogP contribution in [0.1, 0.15) is 43.9 Å². The first-order valence-electron chi connectivity index (χ1n) is 7.85. The van der Waals surface area contributed by atoms with Gasteiger partial charge in [0.1, 0.15) is 4.21 Å². The summed E-state index contributed by atoms with van der Waals surface area (Å²) in [5.41, 5.74) is 0.301. The number of nitrogens with one attached hydrogen (secondary N) is 2. The minimum atomic E-state index is -3.33. The molecular weight excluding hydrogens is 304 g/mol. The molecule has 2 N–H and O–H groups in total. The quantitative estimate of drug-likeness (QED) is 0.685. The fourth-order valence-corrected chi connectivity index (χ4v) is 5.39. The van der Waals surface area contributed by atoms with Gasteiger partial charge in [0.15, 0.2) is 0 Å². The van der Waals surface area contributed by atoms with Gasteiger partial charge < -0.3 is 5.32 Å². The number of sulfonamides is 1. The predicted octanol–water partition coefficient (Wildman–Crippen LogP) is 2.72. The first-order chi connectivity index (χ1) is 10.1. The van der Waals surface area contributed by atoms with Gasteiger partial charge in [-0.15, -0.1) is 11.3 Å². The van der Waals surface area contributed by atoms with Crippen LogP contribution in [0, 0.1) is 11.3 Å². The van der Waals surface area contributed by atoms with E-state index in [1.807, 2.05) is 6.07 Å². The molecule has 4 nitrogen and oxygen atoms in total. The normalized spacial score (nSPS) is 20.6. The van der Waals surface area contributed by atoms with Crippen molar-refractivity contribution in [1.29, 1.82) is 0 Å². The van der Waals surface area contributed by atoms with Gasteiger partial charge in [-0.3, -0.25) is 0 Å². The van der Waals surface area contributed by atoms with Gasteiger partial charge in [0.25, 0.3) is 0 Å². The summed E-state index contributed by atoms with van der Waals surface area (Å²) in [6.45, 7) is 4.46. The first-order valence-corrected chi connectivity index (χ1v) is 10.1. The zero-order valence-electron chi connectivity index (χ0n) is 12.5. The summed E-state index contributed by atoms with van der Waals surface area (Å²) in [6, 6.07) is 3.64. The van der Waals surface area contributed by atoms with Gasteiger partial charge >= 0.3 is 0 Å². The molecule has 0 bridgehead atoms. The Hall–Kier alpha value is -0.430. The molecule has 0 aliphatic heterocycles. The van der Waals surface area contributed by atoms with Gasteiger partial charge in [0.05, 0.1) is 0 Å². The van der Waals surface area contributed by atoms with Crippen LogP contribution in [0.5, 0.6) is 0 Å². The average Bonchev–Trinajstić information content (AvgIpc) is 3.35. The molecule has 2 saturated carbocycles. The lowest BCUT2D eigenvalue weighted by Gasteiger charge is -2.14. The van der Waals surface area contributed by atoms with Crippen LogP contribution in [-0.2, 0) is 16.6 Å². The maximum Gasteiger partial charge on any atom is 0.250 e. The van der Waals surface area contributed by atoms with Crippen LogP contribution in [0.3, 0.4) is 0 Å². The van der Waals surface area contributed by atoms with Crippen molar-refractivity contribution in [3.05, 3.63) is 17.0 Å². The molecular formula is C15H24N2O2S2. The summed E-state index contributed by atoms with van der Waals surface area (Å²) in [6.07, 6.45) is 6.04. The Kier molecular flexibility index (Phi) is 4.41. The Labute approximate surface area is 131 Å². The van der Waals surface area contributed by atoms with Crippen LogP contribution < -0.4 is 10.0 Å². The Balaban J connectivity index is 1.56. The summed E-state index contributed by atoms with van der Waals surface area (Å²) >= 11 is 1.37. The van der Waals surface area contributed by atoms with E-state index in [1.54, 1.807) is 6.07 Å². The Bertz CT molecular complexity index is 587. The molecule has 2 fully saturated rings. The van der Waals surface area contributed by atoms with E-state index in [9.17, 15) is 8.42 Å². The van der Waals surface area contributed by atoms with Crippen LogP contribution >= 0.6 is 11.3 Å². The van der Waals surface area contributed by atoms with E-state index in [0.717, 1.165) is 30.3 Å². The first kappa shape index (κ1) is 15.5. The predicted molar refractivity (Wildman–Crippen MR) is 85.9 cm³/mol. The molecule has 0 amide bonds. The van der Waals surface area contributed by atoms with E-state index >= 15 is 0 Å². The van der Waals surface area contributed by atoms with Crippen molar-refractivity contribution in [2.75, 3.05) is 13.1 Å². The Morgan fingerprint density at radius 1 is 1.33 bits per heavy atom. The number of hydrogen-bond donors (Lipinski definition) is 2. The highest BCUT2D eigenvalue weighted by molar-refractivity contribution is 7.91. The third-order valence-corrected chi connectivity index (χ3v) is 7.56. The van der Waals surface area contributed by atoms with Gasteiger partial charge in [-0.2, -0.15) is 0 Å². The zero-order chi connectivity index (χ0) is 14.9. The summed E-state index contributed by atoms with van der Waals surface area (Å²) in [5, 5.41) is 3.30. The monoisotopic (exact) mass is 328 g/mol. The molecule has 2 aliphatic rings. The molecule has 1 aromatic heterocycles. The molecule has 1 aromatic rings. The smallest absolute Gasteiger partial charge is 0.250 e. The van der Waals surface area contributed by atoms with Crippen molar-refractivity contribution < 1.29 is 8.42 Å². The van der Waals surface area contributed by atoms with E-state index in [2.05, 4.69) is 17.0 Å². The minimum absolute atomic E-state index is 0.301. The average molecular weight is 329 g/mol. The van der Waals surface area contributed by atoms with Gasteiger partial charge in [-0.25, -0.2) is 13.1 Å². The maximum atomic E-state index is 12.4. The van der Waals surface area contributed by atoms with Crippen molar-refractivity contribution in [2.45, 2.75) is 49.8 Å². The van der Waals surface area contributed by atoms with Crippen LogP contribution in [-0.4, -0.2) is 21.5 Å². The molecule has 0 atom stereocenters. The second kappa shape index (κ2) is 5.99. The van der Waals surface area contributed by atoms with E-state index in [0.29, 0.717) is 16.2 Å². The highest BCUT2D eigenvalue weighted by Gasteiger charge is 2.53. The lowest BCUT2D eigenvalue weighted by atomic mass is 10.0. The van der Waals surface area contributed by atoms with Gasteiger partial charge in [-0.1, -0.05) is 6.92 Å². The highest BCUT2D eigenvalue weighted by Crippen LogP contribution is 2.60. The fraction of sp³-hybridized carbons (Fsp3) is 0.733. The SMILES string of the molecule is CCCNCc1ccc(S(=O)(=O)NCC2(C3CC3)CC2)s1. The van der Waals surface area contributed by atoms with Gasteiger partial charge in [0, 0.05) is 18.0 Å². The lowest BCUT2D eigenvalue weighted by Crippen LogP contribution is -2.30. The molecule has 0 radical (unpaired) electrons. The molecule has 1 heterocycles. The highest BCUT2D eigenvalue weighted by atomic mass is 32.2. The number of rotatable bonds is 9. The zero-order valence-corrected chi connectivity index (χ0v) is 14.2. The van der Waals surface area contributed by atoms with E-state index in [-0.39, 0.29) is 0 Å². The molecule has 0 saturated heterocycles. The second-order valence-corrected chi connectivity index (χ2v) is 9.52. The van der Waals surface area contributed by atoms with E-state index in [1.165, 1.54) is 37.0 Å². The molecule has 0 spiro atoms. The molecule has 6 heteroatoms. The largest absolute Gasteiger partial charge is 0.312 e. The van der Waals surface area contributed by atoms with Crippen molar-refractivity contribution in [2.24, 2.45) is 11.3 Å². The summed E-state index contributed by atoms with van der Waals surface area (Å²) in [4.78, 5) is 1.08. The molecule has 0 unspecified atom stereocenters. The lowest BCUT2D eigenvalue weighted by molar-refractivity contribution is 0.432. The molecule has 2 aliphatic carbocycles. The topological polar surface area (TPSA) is 58.2 Å². The molecule has 21 heavy (non-hydrogen) atoms. The number of hydrogen-bond acceptors (Lipinski definition) is 4. The van der Waals surface area contributed by atoms with Crippen molar-refractivity contribution in [3.8, 4) is 0 Å². The van der Waals surface area contributed by atoms with Gasteiger partial charge in [0.2, 0.25) is 10.0 Å².